The summed E-state index contributed by atoms with van der Waals surface area (Å²) >= 11 is 42.4. The van der Waals surface area contributed by atoms with Crippen LogP contribution in [0.1, 0.15) is 71.8 Å². The molecule has 7 aromatic carbocycles. The zero-order valence-corrected chi connectivity index (χ0v) is 64.6. The van der Waals surface area contributed by atoms with Gasteiger partial charge in [-0.25, -0.2) is 8.42 Å². The molecule has 0 bridgehead atoms. The Bertz CT molecular complexity index is 3550. The largest absolute Gasteiger partial charge is 1.00 e. The van der Waals surface area contributed by atoms with Gasteiger partial charge < -0.3 is 49.1 Å². The molecular weight excluding hydrogens is 1500 g/mol. The van der Waals surface area contributed by atoms with E-state index in [1.165, 1.54) is 36.3 Å². The first-order valence-corrected chi connectivity index (χ1v) is 35.7. The summed E-state index contributed by atoms with van der Waals surface area (Å²) in [7, 11) is -2.02. The molecule has 0 unspecified atom stereocenters. The fourth-order valence-corrected chi connectivity index (χ4v) is 10.8. The van der Waals surface area contributed by atoms with Gasteiger partial charge in [0, 0.05) is 88.2 Å². The van der Waals surface area contributed by atoms with Gasteiger partial charge in [0.25, 0.3) is 10.1 Å². The summed E-state index contributed by atoms with van der Waals surface area (Å²) in [6.45, 7) is 16.7. The second kappa shape index (κ2) is 45.1. The van der Waals surface area contributed by atoms with Crippen molar-refractivity contribution in [1.29, 1.82) is 10.5 Å². The predicted molar refractivity (Wildman–Crippen MR) is 372 cm³/mol. The van der Waals surface area contributed by atoms with Crippen molar-refractivity contribution >= 4 is 122 Å². The van der Waals surface area contributed by atoms with Crippen LogP contribution in [-0.4, -0.2) is 123 Å². The number of aliphatic hydroxyl groups excluding tert-OH is 1. The van der Waals surface area contributed by atoms with E-state index >= 15 is 0 Å². The van der Waals surface area contributed by atoms with Gasteiger partial charge in [0.1, 0.15) is 0 Å². The molecule has 2 atom stereocenters. The summed E-state index contributed by atoms with van der Waals surface area (Å²) < 4.78 is 44.7. The number of piperazine rings is 2. The van der Waals surface area contributed by atoms with Gasteiger partial charge in [-0.2, -0.15) is 18.9 Å². The molecule has 0 amide bonds. The number of benzene rings is 7. The van der Waals surface area contributed by atoms with Gasteiger partial charge in [-0.05, 0) is 164 Å². The molecule has 0 radical (unpaired) electrons. The average Bonchev–Trinajstić information content (AvgIpc) is 0.874. The molecule has 2 aliphatic rings. The molecule has 2 fully saturated rings. The number of halogens is 9. The molecule has 486 valence electrons. The van der Waals surface area contributed by atoms with E-state index < -0.39 is 19.2 Å². The van der Waals surface area contributed by atoms with Crippen LogP contribution in [0, 0.1) is 22.7 Å². The summed E-state index contributed by atoms with van der Waals surface area (Å²) in [5.41, 5.74) is 8.85. The van der Waals surface area contributed by atoms with E-state index in [1.807, 2.05) is 109 Å². The Balaban J connectivity index is 0.000000410. The van der Waals surface area contributed by atoms with E-state index in [0.717, 1.165) is 107 Å². The van der Waals surface area contributed by atoms with Gasteiger partial charge >= 0.3 is 51.4 Å². The van der Waals surface area contributed by atoms with Crippen molar-refractivity contribution in [3.63, 3.8) is 0 Å². The minimum absolute atomic E-state index is 0. The zero-order valence-electron chi connectivity index (χ0n) is 51.7. The quantitative estimate of drug-likeness (QED) is 0.0406. The molecular formula is C66H75Cl8IKN7O6S2. The van der Waals surface area contributed by atoms with Crippen molar-refractivity contribution < 1.29 is 101 Å². The smallest absolute Gasteiger partial charge is 1.00 e. The van der Waals surface area contributed by atoms with Crippen molar-refractivity contribution in [2.24, 2.45) is 0 Å². The van der Waals surface area contributed by atoms with Crippen molar-refractivity contribution in [1.82, 2.24) is 15.1 Å². The second-order valence-electron chi connectivity index (χ2n) is 20.3. The van der Waals surface area contributed by atoms with Crippen LogP contribution in [0.4, 0.5) is 11.4 Å². The summed E-state index contributed by atoms with van der Waals surface area (Å²) in [5.74, 6) is 0. The summed E-state index contributed by atoms with van der Waals surface area (Å²) in [6, 6.07) is 54.3. The minimum atomic E-state index is -3.33. The van der Waals surface area contributed by atoms with Gasteiger partial charge in [0.2, 0.25) is 9.05 Å². The molecule has 0 aromatic heterocycles. The average molecular weight is 1580 g/mol. The van der Waals surface area contributed by atoms with Gasteiger partial charge in [-0.1, -0.05) is 163 Å². The summed E-state index contributed by atoms with van der Waals surface area (Å²) in [4.78, 5) is 9.48. The van der Waals surface area contributed by atoms with Crippen LogP contribution in [0.3, 0.4) is 0 Å². The molecule has 9 rings (SSSR count). The normalized spacial score (nSPS) is 14.4. The molecule has 2 aliphatic heterocycles. The fourth-order valence-electron chi connectivity index (χ4n) is 9.25. The van der Waals surface area contributed by atoms with Crippen LogP contribution in [0.15, 0.2) is 158 Å². The molecule has 2 N–H and O–H groups in total. The number of anilines is 2. The third-order valence-corrected chi connectivity index (χ3v) is 16.3. The first kappa shape index (κ1) is 84.6. The SMILES string of the molecule is CCN(CC)CC.CS(=O)(=O)Cl.CS(=O)(=O)OCCc1ccc(Cl)cc1.N#Cc1ccc(N2CCN(CCc3ccc(Cl)cc3)C[C@H]2c2ccc(Cl)cc2)c(Cl)c1.N#Cc1ccc(N2CCNC[C@H]2c2ccc(Cl)cc2)c(Cl)c1.OCCc1ccc(Cl)cc1.[I-].[K+]. The molecule has 25 heteroatoms. The second-order valence-corrected chi connectivity index (χ2v) is 27.9. The Hall–Kier alpha value is -2.49. The van der Waals surface area contributed by atoms with Crippen LogP contribution in [0.5, 0.6) is 0 Å². The van der Waals surface area contributed by atoms with Crippen LogP contribution in [0.2, 0.25) is 35.2 Å². The summed E-state index contributed by atoms with van der Waals surface area (Å²) in [5, 5.41) is 35.0. The Morgan fingerprint density at radius 3 is 1.30 bits per heavy atom. The number of nitriles is 2. The maximum Gasteiger partial charge on any atom is 1.00 e. The van der Waals surface area contributed by atoms with Crippen LogP contribution >= 0.6 is 91.9 Å². The molecule has 7 aromatic rings. The minimum Gasteiger partial charge on any atom is -1.00 e. The first-order valence-electron chi connectivity index (χ1n) is 28.5. The Morgan fingerprint density at radius 1 is 0.560 bits per heavy atom. The maximum atomic E-state index is 10.6. The van der Waals surface area contributed by atoms with E-state index in [-0.39, 0.29) is 101 Å². The van der Waals surface area contributed by atoms with E-state index in [0.29, 0.717) is 39.0 Å². The van der Waals surface area contributed by atoms with Crippen LogP contribution < -0.4 is 90.5 Å². The molecule has 13 nitrogen and oxygen atoms in total. The Kier molecular flexibility index (Phi) is 41.9. The molecule has 0 aliphatic carbocycles. The summed E-state index contributed by atoms with van der Waals surface area (Å²) in [6.07, 6.45) is 4.20. The number of nitrogens with zero attached hydrogens (tertiary/aromatic N) is 6. The molecule has 91 heavy (non-hydrogen) atoms. The molecule has 0 saturated carbocycles. The number of hydrogen-bond acceptors (Lipinski definition) is 13. The zero-order chi connectivity index (χ0) is 65.5. The molecule has 2 heterocycles. The van der Waals surface area contributed by atoms with Gasteiger partial charge in [0.05, 0.1) is 75.9 Å². The van der Waals surface area contributed by atoms with E-state index in [4.69, 9.17) is 91.6 Å². The topological polar surface area (TPSA) is 170 Å². The van der Waals surface area contributed by atoms with Crippen molar-refractivity contribution in [3.05, 3.63) is 232 Å². The maximum absolute atomic E-state index is 10.6. The third-order valence-electron chi connectivity index (χ3n) is 13.9. The van der Waals surface area contributed by atoms with Crippen molar-refractivity contribution in [2.75, 3.05) is 101 Å². The Labute approximate surface area is 638 Å². The van der Waals surface area contributed by atoms with Crippen LogP contribution in [-0.2, 0) is 42.6 Å². The fraction of sp³-hybridized carbons (Fsp3) is 0.333. The van der Waals surface area contributed by atoms with Crippen LogP contribution in [0.25, 0.3) is 0 Å². The van der Waals surface area contributed by atoms with Crippen molar-refractivity contribution in [3.8, 4) is 12.1 Å². The van der Waals surface area contributed by atoms with Gasteiger partial charge in [-0.15, -0.1) is 0 Å². The van der Waals surface area contributed by atoms with Gasteiger partial charge in [0.15, 0.2) is 0 Å². The Morgan fingerprint density at radius 2 is 0.934 bits per heavy atom. The van der Waals surface area contributed by atoms with Crippen molar-refractivity contribution in [2.45, 2.75) is 52.1 Å². The molecule has 0 spiro atoms. The van der Waals surface area contributed by atoms with E-state index in [2.05, 4.69) is 97.0 Å². The standard InChI is InChI=1S/C25H22Cl3N3.C17H15Cl2N3.C9H11ClO3S.C8H9ClO.C6H15N.CH3ClO2S.HI.K/c26-21-6-1-18(2-7-21)11-12-30-13-14-31(24-10-3-19(16-29)15-23(24)28)25(17-30)20-4-8-22(27)9-5-20;18-14-4-2-13(3-5-14)17-11-21-7-8-22(17)16-6-1-12(10-20)9-15(16)19;1-14(11,12)13-7-6-8-2-4-9(10)5-3-8;9-8-3-1-7(2-4-8)5-6-10;1-4-7(5-2)6-3;1-5(2,3)4;;/h1-10,15,25H,11-14,17H2;1-6,9,17,21H,7-8,11H2;2-5H,6-7H2,1H3;1-4,10H,5-6H2;4-6H2,1-3H3;1H3;1H;/q;;;;;;;+1/p-1/t25-;17-;;;;;;/m00....../s1. The molecule has 2 saturated heterocycles. The monoisotopic (exact) mass is 1570 g/mol. The van der Waals surface area contributed by atoms with E-state index in [1.54, 1.807) is 24.3 Å². The number of rotatable bonds is 16. The number of aliphatic hydroxyl groups is 1. The van der Waals surface area contributed by atoms with Gasteiger partial charge in [-0.3, -0.25) is 9.08 Å². The number of hydrogen-bond donors (Lipinski definition) is 2. The first-order chi connectivity index (χ1) is 42.4. The number of nitrogens with one attached hydrogen (secondary N) is 1. The third kappa shape index (κ3) is 33.4. The predicted octanol–water partition coefficient (Wildman–Crippen LogP) is 9.91. The van der Waals surface area contributed by atoms with E-state index in [9.17, 15) is 22.1 Å².